The number of hydrogen-bond donors (Lipinski definition) is 1. The van der Waals surface area contributed by atoms with E-state index in [-0.39, 0.29) is 24.8 Å². The van der Waals surface area contributed by atoms with Gasteiger partial charge < -0.3 is 5.32 Å². The summed E-state index contributed by atoms with van der Waals surface area (Å²) in [7, 11) is 0. The van der Waals surface area contributed by atoms with E-state index in [1.807, 2.05) is 12.3 Å². The van der Waals surface area contributed by atoms with E-state index >= 15 is 0 Å². The Bertz CT molecular complexity index is 235. The quantitative estimate of drug-likeness (QED) is 0.809. The van der Waals surface area contributed by atoms with Gasteiger partial charge in [-0.2, -0.15) is 0 Å². The summed E-state index contributed by atoms with van der Waals surface area (Å²) in [4.78, 5) is 4.34. The lowest BCUT2D eigenvalue weighted by molar-refractivity contribution is 0.405. The van der Waals surface area contributed by atoms with Crippen LogP contribution in [0.3, 0.4) is 0 Å². The van der Waals surface area contributed by atoms with Crippen molar-refractivity contribution in [2.24, 2.45) is 0 Å². The van der Waals surface area contributed by atoms with Crippen LogP contribution >= 0.6 is 24.8 Å². The van der Waals surface area contributed by atoms with Crippen molar-refractivity contribution in [2.75, 3.05) is 6.54 Å². The molecular formula is C10H16Cl2N2. The largest absolute Gasteiger partial charge is 0.309 e. The van der Waals surface area contributed by atoms with Crippen molar-refractivity contribution in [3.63, 3.8) is 0 Å². The highest BCUT2D eigenvalue weighted by Gasteiger charge is 2.14. The third-order valence-electron chi connectivity index (χ3n) is 2.36. The molecule has 1 aromatic heterocycles. The maximum absolute atomic E-state index is 4.34. The van der Waals surface area contributed by atoms with Crippen molar-refractivity contribution in [1.82, 2.24) is 10.3 Å². The van der Waals surface area contributed by atoms with Gasteiger partial charge in [-0.25, -0.2) is 0 Å². The standard InChI is InChI=1S/C10H14N2.2ClH/c1-3-7-11-9(5-1)10-6-2-4-8-12-10;;/h1,3,5,7,10,12H,2,4,6,8H2;2*1H. The molecule has 0 bridgehead atoms. The summed E-state index contributed by atoms with van der Waals surface area (Å²) < 4.78 is 0. The maximum atomic E-state index is 4.34. The van der Waals surface area contributed by atoms with Crippen LogP contribution in [0.4, 0.5) is 0 Å². The molecule has 1 aliphatic heterocycles. The second-order valence-electron chi connectivity index (χ2n) is 3.26. The Balaban J connectivity index is 0.000000845. The Morgan fingerprint density at radius 2 is 2.07 bits per heavy atom. The van der Waals surface area contributed by atoms with E-state index in [0.29, 0.717) is 6.04 Å². The van der Waals surface area contributed by atoms with Crippen LogP contribution < -0.4 is 5.32 Å². The molecule has 1 unspecified atom stereocenters. The van der Waals surface area contributed by atoms with E-state index in [0.717, 1.165) is 6.54 Å². The van der Waals surface area contributed by atoms with Gasteiger partial charge in [0.15, 0.2) is 0 Å². The summed E-state index contributed by atoms with van der Waals surface area (Å²) in [6.07, 6.45) is 5.74. The molecular weight excluding hydrogens is 219 g/mol. The lowest BCUT2D eigenvalue weighted by Crippen LogP contribution is -2.27. The molecule has 0 aromatic carbocycles. The van der Waals surface area contributed by atoms with Gasteiger partial charge in [0.05, 0.1) is 5.69 Å². The van der Waals surface area contributed by atoms with Gasteiger partial charge in [-0.1, -0.05) is 12.5 Å². The van der Waals surface area contributed by atoms with Crippen LogP contribution in [0.25, 0.3) is 0 Å². The van der Waals surface area contributed by atoms with Crippen molar-refractivity contribution in [2.45, 2.75) is 25.3 Å². The molecule has 2 heterocycles. The maximum Gasteiger partial charge on any atom is 0.0573 e. The Morgan fingerprint density at radius 1 is 1.21 bits per heavy atom. The van der Waals surface area contributed by atoms with Gasteiger partial charge in [0.25, 0.3) is 0 Å². The number of piperidine rings is 1. The van der Waals surface area contributed by atoms with E-state index in [1.165, 1.54) is 25.0 Å². The zero-order chi connectivity index (χ0) is 8.23. The highest BCUT2D eigenvalue weighted by Crippen LogP contribution is 2.20. The second kappa shape index (κ2) is 7.04. The molecule has 1 aliphatic rings. The molecule has 0 amide bonds. The average Bonchev–Trinajstić information content (AvgIpc) is 2.21. The summed E-state index contributed by atoms with van der Waals surface area (Å²) in [5.41, 5.74) is 1.19. The Hall–Kier alpha value is -0.310. The van der Waals surface area contributed by atoms with Crippen LogP contribution in [0.2, 0.25) is 0 Å². The summed E-state index contributed by atoms with van der Waals surface area (Å²) in [6.45, 7) is 1.14. The molecule has 1 aromatic rings. The molecule has 14 heavy (non-hydrogen) atoms. The molecule has 0 radical (unpaired) electrons. The molecule has 2 rings (SSSR count). The van der Waals surface area contributed by atoms with Crippen LogP contribution in [0, 0.1) is 0 Å². The molecule has 1 fully saturated rings. The first-order chi connectivity index (χ1) is 5.97. The van der Waals surface area contributed by atoms with E-state index < -0.39 is 0 Å². The van der Waals surface area contributed by atoms with Gasteiger partial charge in [-0.05, 0) is 31.5 Å². The predicted octanol–water partition coefficient (Wildman–Crippen LogP) is 2.74. The smallest absolute Gasteiger partial charge is 0.0573 e. The normalized spacial score (nSPS) is 20.4. The molecule has 0 saturated carbocycles. The van der Waals surface area contributed by atoms with E-state index in [9.17, 15) is 0 Å². The van der Waals surface area contributed by atoms with E-state index in [2.05, 4.69) is 22.4 Å². The van der Waals surface area contributed by atoms with Gasteiger partial charge >= 0.3 is 0 Å². The first kappa shape index (κ1) is 13.7. The summed E-state index contributed by atoms with van der Waals surface area (Å²) in [5.74, 6) is 0. The van der Waals surface area contributed by atoms with Gasteiger partial charge in [0.1, 0.15) is 0 Å². The van der Waals surface area contributed by atoms with E-state index in [4.69, 9.17) is 0 Å². The fourth-order valence-corrected chi connectivity index (χ4v) is 1.69. The number of pyridine rings is 1. The second-order valence-corrected chi connectivity index (χ2v) is 3.26. The molecule has 4 heteroatoms. The molecule has 0 spiro atoms. The molecule has 80 valence electrons. The first-order valence-electron chi connectivity index (χ1n) is 4.61. The number of halogens is 2. The zero-order valence-corrected chi connectivity index (χ0v) is 9.61. The molecule has 1 atom stereocenters. The van der Waals surface area contributed by atoms with Gasteiger partial charge in [0.2, 0.25) is 0 Å². The van der Waals surface area contributed by atoms with Crippen molar-refractivity contribution >= 4 is 24.8 Å². The zero-order valence-electron chi connectivity index (χ0n) is 7.98. The predicted molar refractivity (Wildman–Crippen MR) is 63.3 cm³/mol. The average molecular weight is 235 g/mol. The lowest BCUT2D eigenvalue weighted by Gasteiger charge is -2.22. The fourth-order valence-electron chi connectivity index (χ4n) is 1.69. The summed E-state index contributed by atoms with van der Waals surface area (Å²) in [5, 5.41) is 3.47. The molecule has 1 saturated heterocycles. The van der Waals surface area contributed by atoms with Crippen molar-refractivity contribution in [1.29, 1.82) is 0 Å². The fraction of sp³-hybridized carbons (Fsp3) is 0.500. The monoisotopic (exact) mass is 234 g/mol. The minimum absolute atomic E-state index is 0. The number of hydrogen-bond acceptors (Lipinski definition) is 2. The minimum Gasteiger partial charge on any atom is -0.309 e. The van der Waals surface area contributed by atoms with Gasteiger partial charge in [0, 0.05) is 12.2 Å². The highest BCUT2D eigenvalue weighted by atomic mass is 35.5. The number of rotatable bonds is 1. The minimum atomic E-state index is 0. The topological polar surface area (TPSA) is 24.9 Å². The number of nitrogens with zero attached hydrogens (tertiary/aromatic N) is 1. The SMILES string of the molecule is Cl.Cl.c1ccc(C2CCCCN2)nc1. The molecule has 1 N–H and O–H groups in total. The molecule has 0 aliphatic carbocycles. The van der Waals surface area contributed by atoms with E-state index in [1.54, 1.807) is 0 Å². The number of aromatic nitrogens is 1. The number of nitrogens with one attached hydrogen (secondary N) is 1. The van der Waals surface area contributed by atoms with Crippen LogP contribution in [0.15, 0.2) is 24.4 Å². The Labute approximate surface area is 97.3 Å². The first-order valence-corrected chi connectivity index (χ1v) is 4.61. The lowest BCUT2D eigenvalue weighted by atomic mass is 10.0. The van der Waals surface area contributed by atoms with Gasteiger partial charge in [-0.3, -0.25) is 4.98 Å². The highest BCUT2D eigenvalue weighted by molar-refractivity contribution is 5.85. The Morgan fingerprint density at radius 3 is 2.64 bits per heavy atom. The third kappa shape index (κ3) is 3.45. The van der Waals surface area contributed by atoms with Crippen molar-refractivity contribution in [3.8, 4) is 0 Å². The van der Waals surface area contributed by atoms with Crippen LogP contribution in [-0.4, -0.2) is 11.5 Å². The van der Waals surface area contributed by atoms with Crippen LogP contribution in [0.1, 0.15) is 31.0 Å². The van der Waals surface area contributed by atoms with Crippen LogP contribution in [0.5, 0.6) is 0 Å². The summed E-state index contributed by atoms with van der Waals surface area (Å²) in [6, 6.07) is 6.62. The third-order valence-corrected chi connectivity index (χ3v) is 2.36. The van der Waals surface area contributed by atoms with Gasteiger partial charge in [-0.15, -0.1) is 24.8 Å². The van der Waals surface area contributed by atoms with Crippen molar-refractivity contribution < 1.29 is 0 Å². The summed E-state index contributed by atoms with van der Waals surface area (Å²) >= 11 is 0. The molecule has 2 nitrogen and oxygen atoms in total. The van der Waals surface area contributed by atoms with Crippen LogP contribution in [-0.2, 0) is 0 Å². The Kier molecular flexibility index (Phi) is 6.89. The van der Waals surface area contributed by atoms with Crippen molar-refractivity contribution in [3.05, 3.63) is 30.1 Å².